The average molecular weight is 256 g/mol. The van der Waals surface area contributed by atoms with E-state index in [-0.39, 0.29) is 10.6 Å². The molecule has 0 saturated heterocycles. The number of fused-ring (bicyclic) bond motifs is 1. The van der Waals surface area contributed by atoms with Gasteiger partial charge in [0.15, 0.2) is 0 Å². The molecule has 0 aliphatic carbocycles. The lowest BCUT2D eigenvalue weighted by Gasteiger charge is -2.12. The topological polar surface area (TPSA) is 93.6 Å². The van der Waals surface area contributed by atoms with Gasteiger partial charge in [-0.3, -0.25) is 9.59 Å². The minimum Gasteiger partial charge on any atom is -0.468 e. The lowest BCUT2D eigenvalue weighted by Crippen LogP contribution is -2.35. The third-order valence-electron chi connectivity index (χ3n) is 2.27. The normalized spacial score (nSPS) is 16.8. The number of methoxy groups -OCH3 is 1. The van der Waals surface area contributed by atoms with Crippen molar-refractivity contribution < 1.29 is 22.7 Å². The molecule has 1 aromatic heterocycles. The molecule has 0 unspecified atom stereocenters. The Labute approximate surface area is 97.1 Å². The Balaban J connectivity index is 2.48. The van der Waals surface area contributed by atoms with E-state index in [0.717, 1.165) is 7.11 Å². The Morgan fingerprint density at radius 1 is 1.53 bits per heavy atom. The predicted molar refractivity (Wildman–Crippen MR) is 54.5 cm³/mol. The molecule has 0 radical (unpaired) electrons. The molecule has 0 spiro atoms. The Morgan fingerprint density at radius 3 is 2.82 bits per heavy atom. The zero-order valence-corrected chi connectivity index (χ0v) is 9.60. The molecule has 90 valence electrons. The van der Waals surface area contributed by atoms with Crippen molar-refractivity contribution in [1.29, 1.82) is 0 Å². The molecule has 1 aromatic rings. The van der Waals surface area contributed by atoms with Gasteiger partial charge < -0.3 is 4.74 Å². The first-order valence-electron chi connectivity index (χ1n) is 4.57. The molecule has 7 nitrogen and oxygen atoms in total. The number of carbonyl (C=O) groups excluding carboxylic acids is 2. The van der Waals surface area contributed by atoms with Gasteiger partial charge in [0.2, 0.25) is 0 Å². The van der Waals surface area contributed by atoms with Crippen molar-refractivity contribution in [1.82, 2.24) is 9.29 Å². The van der Waals surface area contributed by atoms with Crippen molar-refractivity contribution in [3.05, 3.63) is 24.0 Å². The van der Waals surface area contributed by atoms with Crippen LogP contribution in [-0.2, 0) is 19.6 Å². The van der Waals surface area contributed by atoms with E-state index in [0.29, 0.717) is 4.31 Å². The number of pyridine rings is 1. The molecule has 1 amide bonds. The van der Waals surface area contributed by atoms with Gasteiger partial charge in [0.05, 0.1) is 7.11 Å². The van der Waals surface area contributed by atoms with E-state index in [1.807, 2.05) is 0 Å². The quantitative estimate of drug-likeness (QED) is 0.656. The second-order valence-electron chi connectivity index (χ2n) is 3.24. The van der Waals surface area contributed by atoms with Crippen molar-refractivity contribution in [2.24, 2.45) is 0 Å². The second-order valence-corrected chi connectivity index (χ2v) is 5.07. The van der Waals surface area contributed by atoms with Crippen LogP contribution in [0.4, 0.5) is 0 Å². The Hall–Kier alpha value is -1.96. The van der Waals surface area contributed by atoms with Crippen LogP contribution >= 0.6 is 0 Å². The zero-order chi connectivity index (χ0) is 12.6. The number of ether oxygens (including phenoxy) is 1. The SMILES string of the molecule is COC(=O)CN1C(=O)c2ncccc2S1(=O)=O. The lowest BCUT2D eigenvalue weighted by atomic mass is 10.3. The molecule has 0 aromatic carbocycles. The summed E-state index contributed by atoms with van der Waals surface area (Å²) in [6.07, 6.45) is 1.31. The minimum absolute atomic E-state index is 0.170. The average Bonchev–Trinajstić information content (AvgIpc) is 2.51. The molecule has 17 heavy (non-hydrogen) atoms. The van der Waals surface area contributed by atoms with Crippen molar-refractivity contribution in [3.8, 4) is 0 Å². The highest BCUT2D eigenvalue weighted by molar-refractivity contribution is 7.90. The summed E-state index contributed by atoms with van der Waals surface area (Å²) < 4.78 is 28.6. The fourth-order valence-electron chi connectivity index (χ4n) is 1.44. The van der Waals surface area contributed by atoms with Crippen molar-refractivity contribution >= 4 is 21.9 Å². The number of esters is 1. The third-order valence-corrected chi connectivity index (χ3v) is 4.03. The van der Waals surface area contributed by atoms with Crippen LogP contribution in [0.2, 0.25) is 0 Å². The van der Waals surface area contributed by atoms with Gasteiger partial charge in [-0.25, -0.2) is 17.7 Å². The standard InChI is InChI=1S/C9H8N2O5S/c1-16-7(12)5-11-9(13)8-6(17(11,14)15)3-2-4-10-8/h2-4H,5H2,1H3. The van der Waals surface area contributed by atoms with E-state index in [4.69, 9.17) is 0 Å². The van der Waals surface area contributed by atoms with E-state index in [9.17, 15) is 18.0 Å². The van der Waals surface area contributed by atoms with Crippen LogP contribution in [0, 0.1) is 0 Å². The summed E-state index contributed by atoms with van der Waals surface area (Å²) >= 11 is 0. The fourth-order valence-corrected chi connectivity index (χ4v) is 2.90. The van der Waals surface area contributed by atoms with Gasteiger partial charge in [0.1, 0.15) is 17.1 Å². The van der Waals surface area contributed by atoms with Crippen LogP contribution in [0.5, 0.6) is 0 Å². The summed E-state index contributed by atoms with van der Waals surface area (Å²) in [4.78, 5) is 26.3. The highest BCUT2D eigenvalue weighted by Gasteiger charge is 2.43. The zero-order valence-electron chi connectivity index (χ0n) is 8.78. The third kappa shape index (κ3) is 1.66. The summed E-state index contributed by atoms with van der Waals surface area (Å²) in [5, 5.41) is 0. The van der Waals surface area contributed by atoms with Crippen molar-refractivity contribution in [2.75, 3.05) is 13.7 Å². The largest absolute Gasteiger partial charge is 0.468 e. The highest BCUT2D eigenvalue weighted by atomic mass is 32.2. The van der Waals surface area contributed by atoms with Gasteiger partial charge in [0, 0.05) is 6.20 Å². The molecular formula is C9H8N2O5S. The van der Waals surface area contributed by atoms with Gasteiger partial charge >= 0.3 is 5.97 Å². The van der Waals surface area contributed by atoms with Crippen LogP contribution in [0.25, 0.3) is 0 Å². The van der Waals surface area contributed by atoms with Crippen molar-refractivity contribution in [2.45, 2.75) is 4.90 Å². The van der Waals surface area contributed by atoms with Crippen LogP contribution in [0.1, 0.15) is 10.5 Å². The van der Waals surface area contributed by atoms with E-state index < -0.39 is 28.4 Å². The first-order valence-corrected chi connectivity index (χ1v) is 6.01. The Bertz CT molecular complexity index is 595. The summed E-state index contributed by atoms with van der Waals surface area (Å²) in [7, 11) is -2.87. The minimum atomic E-state index is -3.98. The molecule has 0 fully saturated rings. The van der Waals surface area contributed by atoms with Crippen LogP contribution in [-0.4, -0.2) is 43.2 Å². The van der Waals surface area contributed by atoms with E-state index >= 15 is 0 Å². The number of aromatic nitrogens is 1. The first kappa shape index (κ1) is 11.5. The maximum absolute atomic E-state index is 11.9. The molecule has 2 rings (SSSR count). The number of rotatable bonds is 2. The number of hydrogen-bond acceptors (Lipinski definition) is 6. The van der Waals surface area contributed by atoms with E-state index in [1.165, 1.54) is 18.3 Å². The molecule has 2 heterocycles. The maximum atomic E-state index is 11.9. The van der Waals surface area contributed by atoms with Crippen LogP contribution in [0.15, 0.2) is 23.2 Å². The molecule has 0 N–H and O–H groups in total. The molecule has 8 heteroatoms. The van der Waals surface area contributed by atoms with Gasteiger partial charge in [-0.2, -0.15) is 0 Å². The van der Waals surface area contributed by atoms with Gasteiger partial charge in [0.25, 0.3) is 15.9 Å². The number of amides is 1. The van der Waals surface area contributed by atoms with Crippen LogP contribution in [0.3, 0.4) is 0 Å². The van der Waals surface area contributed by atoms with Gasteiger partial charge in [-0.05, 0) is 12.1 Å². The molecule has 1 aliphatic heterocycles. The number of nitrogens with zero attached hydrogens (tertiary/aromatic N) is 2. The highest BCUT2D eigenvalue weighted by Crippen LogP contribution is 2.27. The molecule has 0 bridgehead atoms. The van der Waals surface area contributed by atoms with Crippen molar-refractivity contribution in [3.63, 3.8) is 0 Å². The van der Waals surface area contributed by atoms with E-state index in [1.54, 1.807) is 0 Å². The summed E-state index contributed by atoms with van der Waals surface area (Å²) in [5.41, 5.74) is -0.170. The second kappa shape index (κ2) is 3.81. The summed E-state index contributed by atoms with van der Waals surface area (Å²) in [6.45, 7) is -0.645. The molecule has 0 saturated carbocycles. The summed E-state index contributed by atoms with van der Waals surface area (Å²) in [6, 6.07) is 2.68. The summed E-state index contributed by atoms with van der Waals surface area (Å²) in [5.74, 6) is -1.62. The first-order chi connectivity index (χ1) is 7.98. The number of carbonyl (C=O) groups is 2. The monoisotopic (exact) mass is 256 g/mol. The van der Waals surface area contributed by atoms with E-state index in [2.05, 4.69) is 9.72 Å². The molecule has 1 aliphatic rings. The smallest absolute Gasteiger partial charge is 0.326 e. The van der Waals surface area contributed by atoms with Gasteiger partial charge in [-0.15, -0.1) is 0 Å². The molecule has 0 atom stereocenters. The number of hydrogen-bond donors (Lipinski definition) is 0. The maximum Gasteiger partial charge on any atom is 0.326 e. The predicted octanol–water partition coefficient (Wildman–Crippen LogP) is -0.601. The Morgan fingerprint density at radius 2 is 2.24 bits per heavy atom. The Kier molecular flexibility index (Phi) is 2.58. The lowest BCUT2D eigenvalue weighted by molar-refractivity contribution is -0.140. The fraction of sp³-hybridized carbons (Fsp3) is 0.222. The van der Waals surface area contributed by atoms with Crippen LogP contribution < -0.4 is 0 Å². The van der Waals surface area contributed by atoms with Gasteiger partial charge in [-0.1, -0.05) is 0 Å². The molecular weight excluding hydrogens is 248 g/mol. The number of sulfonamides is 1.